The number of nitrogens with one attached hydrogen (secondary N) is 1. The monoisotopic (exact) mass is 301 g/mol. The Morgan fingerprint density at radius 2 is 2.25 bits per heavy atom. The maximum atomic E-state index is 6.24. The molecular formula is C13H17BrClN. The lowest BCUT2D eigenvalue weighted by Gasteiger charge is -2.20. The Hall–Kier alpha value is -0.310. The minimum atomic E-state index is 0.139. The molecule has 0 aromatic heterocycles. The van der Waals surface area contributed by atoms with E-state index in [0.717, 1.165) is 33.6 Å². The van der Waals surface area contributed by atoms with Gasteiger partial charge in [-0.1, -0.05) is 52.7 Å². The summed E-state index contributed by atoms with van der Waals surface area (Å²) in [7, 11) is 0. The molecule has 0 bridgehead atoms. The first kappa shape index (κ1) is 13.8. The van der Waals surface area contributed by atoms with Crippen LogP contribution in [0, 0.1) is 0 Å². The number of halogens is 2. The Bertz CT molecular complexity index is 376. The average molecular weight is 303 g/mol. The summed E-state index contributed by atoms with van der Waals surface area (Å²) in [6.45, 7) is 9.14. The highest BCUT2D eigenvalue weighted by atomic mass is 79.9. The Balaban J connectivity index is 2.96. The zero-order chi connectivity index (χ0) is 12.1. The largest absolute Gasteiger partial charge is 0.307 e. The van der Waals surface area contributed by atoms with Gasteiger partial charge in [0.15, 0.2) is 0 Å². The number of hydrogen-bond acceptors (Lipinski definition) is 1. The molecule has 0 aliphatic rings. The lowest BCUT2D eigenvalue weighted by atomic mass is 10.0. The molecule has 88 valence electrons. The third-order valence-corrected chi connectivity index (χ3v) is 3.19. The summed E-state index contributed by atoms with van der Waals surface area (Å²) in [5.74, 6) is 0. The van der Waals surface area contributed by atoms with E-state index in [4.69, 9.17) is 11.6 Å². The van der Waals surface area contributed by atoms with Crippen LogP contribution in [0.3, 0.4) is 0 Å². The standard InChI is InChI=1S/C13H17BrClN/c1-4-7-16-13(9(2)3)11-6-5-10(14)8-12(11)15/h5-6,8,13,16H,2,4,7H2,1,3H3. The summed E-state index contributed by atoms with van der Waals surface area (Å²) in [4.78, 5) is 0. The average Bonchev–Trinajstić information content (AvgIpc) is 2.20. The van der Waals surface area contributed by atoms with Gasteiger partial charge in [-0.05, 0) is 37.6 Å². The molecule has 0 saturated carbocycles. The first-order chi connectivity index (χ1) is 7.56. The number of hydrogen-bond donors (Lipinski definition) is 1. The lowest BCUT2D eigenvalue weighted by molar-refractivity contribution is 0.591. The molecule has 0 saturated heterocycles. The van der Waals surface area contributed by atoms with Crippen molar-refractivity contribution in [1.82, 2.24) is 5.32 Å². The third kappa shape index (κ3) is 3.62. The van der Waals surface area contributed by atoms with E-state index in [2.05, 4.69) is 34.7 Å². The van der Waals surface area contributed by atoms with Crippen LogP contribution in [0.15, 0.2) is 34.8 Å². The van der Waals surface area contributed by atoms with Crippen molar-refractivity contribution in [2.75, 3.05) is 6.54 Å². The predicted molar refractivity (Wildman–Crippen MR) is 75.0 cm³/mol. The van der Waals surface area contributed by atoms with Crippen molar-refractivity contribution < 1.29 is 0 Å². The zero-order valence-electron chi connectivity index (χ0n) is 9.69. The molecular weight excluding hydrogens is 286 g/mol. The summed E-state index contributed by atoms with van der Waals surface area (Å²) in [6, 6.07) is 6.10. The van der Waals surface area contributed by atoms with E-state index in [9.17, 15) is 0 Å². The van der Waals surface area contributed by atoms with Crippen LogP contribution < -0.4 is 5.32 Å². The van der Waals surface area contributed by atoms with Crippen molar-refractivity contribution in [2.45, 2.75) is 26.3 Å². The quantitative estimate of drug-likeness (QED) is 0.776. The predicted octanol–water partition coefficient (Wildman–Crippen LogP) is 4.72. The zero-order valence-corrected chi connectivity index (χ0v) is 12.0. The molecule has 16 heavy (non-hydrogen) atoms. The van der Waals surface area contributed by atoms with E-state index in [1.54, 1.807) is 0 Å². The second-order valence-corrected chi connectivity index (χ2v) is 5.22. The second-order valence-electron chi connectivity index (χ2n) is 3.90. The van der Waals surface area contributed by atoms with Crippen molar-refractivity contribution in [3.8, 4) is 0 Å². The van der Waals surface area contributed by atoms with E-state index in [0.29, 0.717) is 0 Å². The number of rotatable bonds is 5. The summed E-state index contributed by atoms with van der Waals surface area (Å²) in [5.41, 5.74) is 2.17. The SMILES string of the molecule is C=C(C)C(NCCC)c1ccc(Br)cc1Cl. The molecule has 0 amide bonds. The van der Waals surface area contributed by atoms with Crippen molar-refractivity contribution in [1.29, 1.82) is 0 Å². The van der Waals surface area contributed by atoms with Gasteiger partial charge in [-0.25, -0.2) is 0 Å². The normalized spacial score (nSPS) is 12.5. The molecule has 3 heteroatoms. The van der Waals surface area contributed by atoms with E-state index in [-0.39, 0.29) is 6.04 Å². The molecule has 0 heterocycles. The van der Waals surface area contributed by atoms with E-state index >= 15 is 0 Å². The van der Waals surface area contributed by atoms with Crippen LogP contribution in [0.1, 0.15) is 31.9 Å². The van der Waals surface area contributed by atoms with Crippen LogP contribution in [-0.4, -0.2) is 6.54 Å². The van der Waals surface area contributed by atoms with Crippen molar-refractivity contribution in [3.05, 3.63) is 45.4 Å². The third-order valence-electron chi connectivity index (χ3n) is 2.36. The van der Waals surface area contributed by atoms with Gasteiger partial charge in [0.05, 0.1) is 6.04 Å². The fourth-order valence-electron chi connectivity index (χ4n) is 1.57. The molecule has 0 fully saturated rings. The maximum Gasteiger partial charge on any atom is 0.0545 e. The molecule has 0 aliphatic heterocycles. The Morgan fingerprint density at radius 3 is 2.75 bits per heavy atom. The molecule has 1 rings (SSSR count). The Kier molecular flexibility index (Phi) is 5.53. The first-order valence-corrected chi connectivity index (χ1v) is 6.57. The number of benzene rings is 1. The van der Waals surface area contributed by atoms with Gasteiger partial charge in [0.2, 0.25) is 0 Å². The summed E-state index contributed by atoms with van der Waals surface area (Å²) >= 11 is 9.64. The van der Waals surface area contributed by atoms with Crippen molar-refractivity contribution in [3.63, 3.8) is 0 Å². The van der Waals surface area contributed by atoms with Gasteiger partial charge in [-0.2, -0.15) is 0 Å². The van der Waals surface area contributed by atoms with Crippen LogP contribution in [-0.2, 0) is 0 Å². The highest BCUT2D eigenvalue weighted by Gasteiger charge is 2.14. The highest BCUT2D eigenvalue weighted by Crippen LogP contribution is 2.29. The van der Waals surface area contributed by atoms with E-state index < -0.39 is 0 Å². The van der Waals surface area contributed by atoms with Gasteiger partial charge in [0.25, 0.3) is 0 Å². The van der Waals surface area contributed by atoms with Crippen LogP contribution in [0.5, 0.6) is 0 Å². The minimum Gasteiger partial charge on any atom is -0.307 e. The summed E-state index contributed by atoms with van der Waals surface area (Å²) < 4.78 is 0.997. The van der Waals surface area contributed by atoms with Gasteiger partial charge in [0, 0.05) is 9.50 Å². The molecule has 1 N–H and O–H groups in total. The van der Waals surface area contributed by atoms with Gasteiger partial charge in [-0.3, -0.25) is 0 Å². The van der Waals surface area contributed by atoms with Crippen molar-refractivity contribution in [2.24, 2.45) is 0 Å². The molecule has 0 aliphatic carbocycles. The summed E-state index contributed by atoms with van der Waals surface area (Å²) in [6.07, 6.45) is 1.10. The molecule has 1 aromatic carbocycles. The van der Waals surface area contributed by atoms with Gasteiger partial charge in [0.1, 0.15) is 0 Å². The maximum absolute atomic E-state index is 6.24. The molecule has 1 aromatic rings. The van der Waals surface area contributed by atoms with Gasteiger partial charge in [-0.15, -0.1) is 0 Å². The van der Waals surface area contributed by atoms with Gasteiger partial charge >= 0.3 is 0 Å². The first-order valence-electron chi connectivity index (χ1n) is 5.40. The smallest absolute Gasteiger partial charge is 0.0545 e. The highest BCUT2D eigenvalue weighted by molar-refractivity contribution is 9.10. The van der Waals surface area contributed by atoms with Crippen LogP contribution in [0.25, 0.3) is 0 Å². The lowest BCUT2D eigenvalue weighted by Crippen LogP contribution is -2.23. The molecule has 1 atom stereocenters. The topological polar surface area (TPSA) is 12.0 Å². The molecule has 0 radical (unpaired) electrons. The fourth-order valence-corrected chi connectivity index (χ4v) is 2.36. The fraction of sp³-hybridized carbons (Fsp3) is 0.385. The van der Waals surface area contributed by atoms with Crippen LogP contribution in [0.4, 0.5) is 0 Å². The molecule has 1 unspecified atom stereocenters. The van der Waals surface area contributed by atoms with Crippen LogP contribution >= 0.6 is 27.5 Å². The Labute approximate surface area is 111 Å². The molecule has 0 spiro atoms. The summed E-state index contributed by atoms with van der Waals surface area (Å²) in [5, 5.41) is 4.22. The van der Waals surface area contributed by atoms with Crippen LogP contribution in [0.2, 0.25) is 5.02 Å². The van der Waals surface area contributed by atoms with Gasteiger partial charge < -0.3 is 5.32 Å². The Morgan fingerprint density at radius 1 is 1.56 bits per heavy atom. The van der Waals surface area contributed by atoms with E-state index in [1.165, 1.54) is 0 Å². The second kappa shape index (κ2) is 6.43. The van der Waals surface area contributed by atoms with E-state index in [1.807, 2.05) is 25.1 Å². The van der Waals surface area contributed by atoms with Crippen molar-refractivity contribution >= 4 is 27.5 Å². The minimum absolute atomic E-state index is 0.139. The molecule has 1 nitrogen and oxygen atoms in total.